The number of carbonyl (C=O) groups is 2. The first-order chi connectivity index (χ1) is 14.0. The Balaban J connectivity index is 1.59. The molecule has 2 N–H and O–H groups in total. The van der Waals surface area contributed by atoms with Crippen LogP contribution < -0.4 is 10.2 Å². The number of piperidine rings is 1. The Morgan fingerprint density at radius 1 is 1.31 bits per heavy atom. The minimum absolute atomic E-state index is 0.0800. The maximum Gasteiger partial charge on any atom is 0.209 e. The molecule has 3 rings (SSSR count). The Bertz CT molecular complexity index is 865. The molecule has 29 heavy (non-hydrogen) atoms. The van der Waals surface area contributed by atoms with Gasteiger partial charge in [0.2, 0.25) is 6.41 Å². The normalized spacial score (nSPS) is 14.5. The van der Waals surface area contributed by atoms with Gasteiger partial charge in [0, 0.05) is 51.4 Å². The lowest BCUT2D eigenvalue weighted by Gasteiger charge is -2.37. The van der Waals surface area contributed by atoms with E-state index in [9.17, 15) is 14.7 Å². The molecule has 0 aliphatic carbocycles. The van der Waals surface area contributed by atoms with Crippen LogP contribution in [0, 0.1) is 0 Å². The minimum atomic E-state index is -0.0800. The third-order valence-electron chi connectivity index (χ3n) is 5.40. The van der Waals surface area contributed by atoms with Gasteiger partial charge in [0.15, 0.2) is 5.78 Å². The first-order valence-corrected chi connectivity index (χ1v) is 9.80. The summed E-state index contributed by atoms with van der Waals surface area (Å²) in [4.78, 5) is 35.5. The van der Waals surface area contributed by atoms with Crippen LogP contribution in [0.2, 0.25) is 0 Å². The van der Waals surface area contributed by atoms with Gasteiger partial charge in [-0.05, 0) is 43.0 Å². The zero-order valence-electron chi connectivity index (χ0n) is 16.8. The Kier molecular flexibility index (Phi) is 6.64. The molecule has 0 unspecified atom stereocenters. The van der Waals surface area contributed by atoms with Crippen molar-refractivity contribution in [3.8, 4) is 5.75 Å². The molecule has 1 aliphatic heterocycles. The molecule has 1 amide bonds. The van der Waals surface area contributed by atoms with E-state index in [1.807, 2.05) is 18.0 Å². The van der Waals surface area contributed by atoms with Crippen molar-refractivity contribution in [2.75, 3.05) is 36.9 Å². The summed E-state index contributed by atoms with van der Waals surface area (Å²) in [7, 11) is 1.84. The Hall–Kier alpha value is -3.16. The number of benzene rings is 1. The molecular weight excluding hydrogens is 370 g/mol. The van der Waals surface area contributed by atoms with Crippen LogP contribution in [0.4, 0.5) is 11.5 Å². The van der Waals surface area contributed by atoms with Crippen LogP contribution in [-0.2, 0) is 11.2 Å². The zero-order chi connectivity index (χ0) is 20.8. The van der Waals surface area contributed by atoms with Crippen LogP contribution in [0.1, 0.15) is 35.8 Å². The largest absolute Gasteiger partial charge is 0.508 e. The Morgan fingerprint density at radius 2 is 2.07 bits per heavy atom. The summed E-state index contributed by atoms with van der Waals surface area (Å²) < 4.78 is 0. The van der Waals surface area contributed by atoms with E-state index < -0.39 is 0 Å². The maximum atomic E-state index is 11.7. The number of amides is 1. The molecule has 2 heterocycles. The van der Waals surface area contributed by atoms with Gasteiger partial charge in [-0.1, -0.05) is 0 Å². The highest BCUT2D eigenvalue weighted by Crippen LogP contribution is 2.24. The first kappa shape index (κ1) is 20.6. The molecular formula is C21H27N5O3. The van der Waals surface area contributed by atoms with Crippen LogP contribution in [0.5, 0.6) is 5.75 Å². The van der Waals surface area contributed by atoms with E-state index in [1.165, 1.54) is 13.3 Å². The van der Waals surface area contributed by atoms with Crippen LogP contribution in [-0.4, -0.2) is 64.9 Å². The predicted octanol–water partition coefficient (Wildman–Crippen LogP) is 2.10. The van der Waals surface area contributed by atoms with Crippen molar-refractivity contribution in [3.05, 3.63) is 41.9 Å². The number of carbonyl (C=O) groups excluding carboxylic acids is 2. The topological polar surface area (TPSA) is 98.7 Å². The number of hydrogen-bond acceptors (Lipinski definition) is 7. The Morgan fingerprint density at radius 3 is 2.72 bits per heavy atom. The van der Waals surface area contributed by atoms with Crippen molar-refractivity contribution in [2.45, 2.75) is 32.2 Å². The number of phenolic OH excluding ortho intramolecular Hbond substituents is 1. The second kappa shape index (κ2) is 9.36. The highest BCUT2D eigenvalue weighted by molar-refractivity contribution is 5.92. The Labute approximate surface area is 170 Å². The fourth-order valence-corrected chi connectivity index (χ4v) is 3.74. The fraction of sp³-hybridized carbons (Fsp3) is 0.429. The van der Waals surface area contributed by atoms with E-state index in [4.69, 9.17) is 0 Å². The van der Waals surface area contributed by atoms with E-state index in [-0.39, 0.29) is 17.6 Å². The fourth-order valence-electron chi connectivity index (χ4n) is 3.74. The summed E-state index contributed by atoms with van der Waals surface area (Å²) in [5.74, 6) is 0.892. The molecule has 1 aromatic heterocycles. The van der Waals surface area contributed by atoms with Gasteiger partial charge in [-0.3, -0.25) is 9.59 Å². The molecule has 1 aromatic carbocycles. The van der Waals surface area contributed by atoms with E-state index in [0.29, 0.717) is 18.7 Å². The smallest absolute Gasteiger partial charge is 0.209 e. The highest BCUT2D eigenvalue weighted by atomic mass is 16.3. The molecule has 0 saturated carbocycles. The molecule has 0 bridgehead atoms. The van der Waals surface area contributed by atoms with Crippen molar-refractivity contribution in [2.24, 2.45) is 0 Å². The van der Waals surface area contributed by atoms with Crippen molar-refractivity contribution in [1.29, 1.82) is 0 Å². The standard InChI is InChI=1S/C21H27N5O3/c1-15(28)20-12-21(24-13-23-20)25-9-6-17(7-10-25)26(14-27)8-5-16-11-18(29)3-4-19(16)22-2/h3-4,11-14,17,22,29H,5-10H2,1-2H3. The van der Waals surface area contributed by atoms with Gasteiger partial charge in [0.25, 0.3) is 0 Å². The minimum Gasteiger partial charge on any atom is -0.508 e. The number of anilines is 2. The number of rotatable bonds is 8. The third-order valence-corrected chi connectivity index (χ3v) is 5.40. The van der Waals surface area contributed by atoms with Gasteiger partial charge in [-0.2, -0.15) is 0 Å². The molecule has 1 saturated heterocycles. The number of aromatic hydroxyl groups is 1. The second-order valence-corrected chi connectivity index (χ2v) is 7.22. The molecule has 154 valence electrons. The van der Waals surface area contributed by atoms with Gasteiger partial charge >= 0.3 is 0 Å². The molecule has 0 atom stereocenters. The van der Waals surface area contributed by atoms with Gasteiger partial charge in [-0.25, -0.2) is 9.97 Å². The summed E-state index contributed by atoms with van der Waals surface area (Å²) in [5.41, 5.74) is 2.35. The molecule has 0 radical (unpaired) electrons. The van der Waals surface area contributed by atoms with E-state index in [0.717, 1.165) is 49.4 Å². The lowest BCUT2D eigenvalue weighted by molar-refractivity contribution is -0.120. The quantitative estimate of drug-likeness (QED) is 0.400. The van der Waals surface area contributed by atoms with Crippen LogP contribution in [0.15, 0.2) is 30.6 Å². The molecule has 8 heteroatoms. The average molecular weight is 397 g/mol. The maximum absolute atomic E-state index is 11.7. The number of Topliss-reactive ketones (excluding diaryl/α,β-unsaturated/α-hetero) is 1. The van der Waals surface area contributed by atoms with Crippen LogP contribution in [0.3, 0.4) is 0 Å². The van der Waals surface area contributed by atoms with E-state index >= 15 is 0 Å². The average Bonchev–Trinajstić information content (AvgIpc) is 2.75. The first-order valence-electron chi connectivity index (χ1n) is 9.80. The van der Waals surface area contributed by atoms with Crippen molar-refractivity contribution < 1.29 is 14.7 Å². The monoisotopic (exact) mass is 397 g/mol. The number of nitrogens with zero attached hydrogens (tertiary/aromatic N) is 4. The highest BCUT2D eigenvalue weighted by Gasteiger charge is 2.25. The van der Waals surface area contributed by atoms with Gasteiger partial charge in [0.1, 0.15) is 23.6 Å². The number of nitrogens with one attached hydrogen (secondary N) is 1. The van der Waals surface area contributed by atoms with Crippen LogP contribution in [0.25, 0.3) is 0 Å². The number of ketones is 1. The lowest BCUT2D eigenvalue weighted by atomic mass is 10.0. The van der Waals surface area contributed by atoms with E-state index in [2.05, 4.69) is 20.2 Å². The second-order valence-electron chi connectivity index (χ2n) is 7.22. The molecule has 1 fully saturated rings. The van der Waals surface area contributed by atoms with Gasteiger partial charge in [0.05, 0.1) is 0 Å². The zero-order valence-corrected chi connectivity index (χ0v) is 16.8. The molecule has 2 aromatic rings. The molecule has 1 aliphatic rings. The summed E-state index contributed by atoms with van der Waals surface area (Å²) in [6.45, 7) is 3.61. The lowest BCUT2D eigenvalue weighted by Crippen LogP contribution is -2.45. The summed E-state index contributed by atoms with van der Waals surface area (Å²) in [6.07, 6.45) is 4.66. The number of hydrogen-bond donors (Lipinski definition) is 2. The third kappa shape index (κ3) is 5.01. The molecule has 0 spiro atoms. The van der Waals surface area contributed by atoms with Crippen molar-refractivity contribution >= 4 is 23.7 Å². The predicted molar refractivity (Wildman–Crippen MR) is 111 cm³/mol. The van der Waals surface area contributed by atoms with Crippen LogP contribution >= 0.6 is 0 Å². The van der Waals surface area contributed by atoms with Crippen molar-refractivity contribution in [1.82, 2.24) is 14.9 Å². The molecule has 8 nitrogen and oxygen atoms in total. The number of phenols is 1. The van der Waals surface area contributed by atoms with Gasteiger partial charge in [-0.15, -0.1) is 0 Å². The summed E-state index contributed by atoms with van der Waals surface area (Å²) in [5, 5.41) is 12.9. The van der Waals surface area contributed by atoms with Gasteiger partial charge < -0.3 is 20.2 Å². The SMILES string of the molecule is CNc1ccc(O)cc1CCN(C=O)C1CCN(c2cc(C(C)=O)ncn2)CC1. The van der Waals surface area contributed by atoms with E-state index in [1.54, 1.807) is 18.2 Å². The van der Waals surface area contributed by atoms with Crippen molar-refractivity contribution in [3.63, 3.8) is 0 Å². The summed E-state index contributed by atoms with van der Waals surface area (Å²) >= 11 is 0. The number of aromatic nitrogens is 2. The summed E-state index contributed by atoms with van der Waals surface area (Å²) in [6, 6.07) is 7.10.